The fourth-order valence-corrected chi connectivity index (χ4v) is 10.3. The molecule has 0 saturated carbocycles. The number of hydrogen-bond donors (Lipinski definition) is 4. The van der Waals surface area contributed by atoms with Gasteiger partial charge in [0.15, 0.2) is 0 Å². The lowest BCUT2D eigenvalue weighted by Gasteiger charge is -2.26. The van der Waals surface area contributed by atoms with Gasteiger partial charge in [0.1, 0.15) is 0 Å². The van der Waals surface area contributed by atoms with E-state index in [0.29, 0.717) is 22.3 Å². The Labute approximate surface area is 536 Å². The number of nitrogens with zero attached hydrogens (tertiary/aromatic N) is 5. The van der Waals surface area contributed by atoms with Gasteiger partial charge >= 0.3 is 23.9 Å². The number of carbonyl (C=O) groups is 4. The summed E-state index contributed by atoms with van der Waals surface area (Å²) in [6, 6.07) is 77.8. The maximum atomic E-state index is 11.7. The summed E-state index contributed by atoms with van der Waals surface area (Å²) in [6.45, 7) is 29.4. The Morgan fingerprint density at radius 2 is 0.505 bits per heavy atom. The number of fused-ring (bicyclic) bond motifs is 1. The molecule has 0 heterocycles. The van der Waals surface area contributed by atoms with Crippen molar-refractivity contribution in [1.82, 2.24) is 0 Å². The van der Waals surface area contributed by atoms with E-state index in [2.05, 4.69) is 97.1 Å². The monoisotopic (exact) mass is 1210 g/mol. The average molecular weight is 1210 g/mol. The molecule has 0 amide bonds. The van der Waals surface area contributed by atoms with Crippen LogP contribution in [0.4, 0.5) is 17.1 Å². The van der Waals surface area contributed by atoms with E-state index < -0.39 is 46.7 Å². The van der Waals surface area contributed by atoms with E-state index in [1.54, 1.807) is 48.5 Å². The predicted octanol–water partition coefficient (Wildman–Crippen LogP) is 18.5. The highest BCUT2D eigenvalue weighted by Crippen LogP contribution is 2.38. The number of carboxylic acids is 4. The number of carboxylic acid groups (broad SMARTS) is 4. The van der Waals surface area contributed by atoms with Crippen LogP contribution < -0.4 is 4.90 Å². The Hall–Kier alpha value is -13.7. The first kappa shape index (κ1) is 62.3. The molecule has 93 heavy (non-hydrogen) atoms. The van der Waals surface area contributed by atoms with Crippen LogP contribution in [0.15, 0.2) is 265 Å². The molecule has 444 valence electrons. The van der Waals surface area contributed by atoms with Crippen LogP contribution in [0.5, 0.6) is 0 Å². The van der Waals surface area contributed by atoms with Crippen LogP contribution in [0, 0.1) is 26.3 Å². The van der Waals surface area contributed by atoms with Crippen molar-refractivity contribution in [1.29, 1.82) is 0 Å². The number of rotatable bonds is 20. The molecule has 0 aliphatic heterocycles. The van der Waals surface area contributed by atoms with Crippen molar-refractivity contribution in [2.24, 2.45) is 0 Å². The van der Waals surface area contributed by atoms with Crippen molar-refractivity contribution in [3.63, 3.8) is 0 Å². The van der Waals surface area contributed by atoms with Gasteiger partial charge in [0.25, 0.3) is 22.8 Å². The van der Waals surface area contributed by atoms with Gasteiger partial charge in [-0.1, -0.05) is 200 Å². The average Bonchev–Trinajstić information content (AvgIpc) is 0.931. The first-order valence-corrected chi connectivity index (χ1v) is 28.7. The van der Waals surface area contributed by atoms with E-state index in [1.165, 1.54) is 24.3 Å². The summed E-state index contributed by atoms with van der Waals surface area (Å²) in [5.74, 6) is -5.35. The van der Waals surface area contributed by atoms with Gasteiger partial charge in [0.2, 0.25) is 0 Å². The van der Waals surface area contributed by atoms with Crippen molar-refractivity contribution >= 4 is 111 Å². The summed E-state index contributed by atoms with van der Waals surface area (Å²) in [6.07, 6.45) is 11.4. The molecule has 0 radical (unpaired) electrons. The lowest BCUT2D eigenvalue weighted by molar-refractivity contribution is -0.133. The minimum Gasteiger partial charge on any atom is -0.486 e. The van der Waals surface area contributed by atoms with Crippen LogP contribution in [-0.4, -0.2) is 44.3 Å². The second-order valence-electron chi connectivity index (χ2n) is 21.0. The molecule has 10 rings (SSSR count). The van der Waals surface area contributed by atoms with Gasteiger partial charge in [-0.05, 0) is 185 Å². The summed E-state index contributed by atoms with van der Waals surface area (Å²) in [5.41, 5.74) is 13.2. The van der Waals surface area contributed by atoms with Crippen molar-refractivity contribution in [3.05, 3.63) is 383 Å². The zero-order valence-electron chi connectivity index (χ0n) is 49.3. The Morgan fingerprint density at radius 3 is 0.796 bits per heavy atom. The minimum absolute atomic E-state index is 0.432. The topological polar surface area (TPSA) is 170 Å². The summed E-state index contributed by atoms with van der Waals surface area (Å²) in [4.78, 5) is 61.5. The van der Waals surface area contributed by atoms with Crippen molar-refractivity contribution in [2.75, 3.05) is 4.90 Å². The number of anilines is 3. The third-order valence-corrected chi connectivity index (χ3v) is 15.0. The highest BCUT2D eigenvalue weighted by molar-refractivity contribution is 6.00. The minimum atomic E-state index is -1.34. The van der Waals surface area contributed by atoms with E-state index in [-0.39, 0.29) is 0 Å². The smallest absolute Gasteiger partial charge is 0.333 e. The fraction of sp³-hybridized carbons (Fsp3) is 0. The van der Waals surface area contributed by atoms with Crippen LogP contribution in [-0.2, 0) is 19.2 Å². The lowest BCUT2D eigenvalue weighted by Crippen LogP contribution is -2.09. The second-order valence-corrected chi connectivity index (χ2v) is 21.0. The van der Waals surface area contributed by atoms with E-state index in [9.17, 15) is 39.6 Å². The summed E-state index contributed by atoms with van der Waals surface area (Å²) < 4.78 is 0. The molecule has 4 N–H and O–H groups in total. The third kappa shape index (κ3) is 15.3. The molecule has 0 aliphatic carbocycles. The number of aliphatic carboxylic acids is 4. The zero-order chi connectivity index (χ0) is 65.4. The molecule has 10 aromatic carbocycles. The second kappa shape index (κ2) is 28.9. The fourth-order valence-electron chi connectivity index (χ4n) is 10.3. The van der Waals surface area contributed by atoms with Crippen LogP contribution >= 0.6 is 0 Å². The van der Waals surface area contributed by atoms with E-state index in [1.807, 2.05) is 140 Å². The number of hydrogen-bond acceptors (Lipinski definition) is 5. The number of benzene rings is 10. The molecule has 0 saturated heterocycles. The lowest BCUT2D eigenvalue weighted by atomic mass is 9.93. The Bertz CT molecular complexity index is 4530. The van der Waals surface area contributed by atoms with Crippen molar-refractivity contribution in [3.8, 4) is 0 Å². The molecular weight excluding hydrogens is 1160 g/mol. The summed E-state index contributed by atoms with van der Waals surface area (Å²) >= 11 is 0. The molecule has 0 atom stereocenters. The Balaban J connectivity index is 1.07. The van der Waals surface area contributed by atoms with Gasteiger partial charge in [-0.3, -0.25) is 19.2 Å². The first-order chi connectivity index (χ1) is 45.2. The van der Waals surface area contributed by atoms with E-state index in [0.717, 1.165) is 94.6 Å². The van der Waals surface area contributed by atoms with Gasteiger partial charge in [-0.15, -0.1) is 0 Å². The maximum Gasteiger partial charge on any atom is 0.333 e. The van der Waals surface area contributed by atoms with Crippen LogP contribution in [0.25, 0.3) is 89.4 Å². The molecule has 10 aromatic rings. The van der Waals surface area contributed by atoms with Gasteiger partial charge in [0.05, 0.1) is 26.3 Å². The van der Waals surface area contributed by atoms with Gasteiger partial charge in [-0.25, -0.2) is 19.4 Å². The van der Waals surface area contributed by atoms with Crippen molar-refractivity contribution in [2.45, 2.75) is 0 Å². The first-order valence-electron chi connectivity index (χ1n) is 28.7. The summed E-state index contributed by atoms with van der Waals surface area (Å²) in [7, 11) is 0. The van der Waals surface area contributed by atoms with Crippen LogP contribution in [0.2, 0.25) is 0 Å². The summed E-state index contributed by atoms with van der Waals surface area (Å²) in [5, 5.41) is 40.4. The molecule has 0 fully saturated rings. The Kier molecular flexibility index (Phi) is 19.3. The maximum absolute atomic E-state index is 11.7. The Morgan fingerprint density at radius 1 is 0.269 bits per heavy atom. The van der Waals surface area contributed by atoms with E-state index in [4.69, 9.17) is 26.3 Å². The standard InChI is InChI=1S/C80H51N5O8/c1-81-73(77(86)87)47-55-14-28-61(29-15-55)70(62-30-16-56(17-31-62)48-74(82-2)78(88)89)44-52-22-38-67(39-23-52)85(69-42-26-54(27-43-69)46-72(60-11-6-5-7-12-60)66-37-36-59-10-8-9-13-65(59)51-66)68-40-24-53(25-41-68)45-71(63-32-18-57(19-33-63)49-75(83-3)79(90)91)64-34-20-58(21-35-64)50-76(84-4)80(92)93/h5-51H,(H,86,87)(H,88,89)(H,90,91)(H,92,93)/b72-46-,73-47-,74-48-,75-49-,76-50-. The van der Waals surface area contributed by atoms with Gasteiger partial charge < -0.3 is 25.3 Å². The molecule has 0 aromatic heterocycles. The highest BCUT2D eigenvalue weighted by atomic mass is 16.4. The van der Waals surface area contributed by atoms with Gasteiger partial charge in [0, 0.05) is 17.1 Å². The molecule has 0 spiro atoms. The van der Waals surface area contributed by atoms with Crippen LogP contribution in [0.3, 0.4) is 0 Å². The predicted molar refractivity (Wildman–Crippen MR) is 367 cm³/mol. The highest BCUT2D eigenvalue weighted by Gasteiger charge is 2.17. The van der Waals surface area contributed by atoms with Crippen LogP contribution in [0.1, 0.15) is 72.3 Å². The van der Waals surface area contributed by atoms with Gasteiger partial charge in [-0.2, -0.15) is 0 Å². The zero-order valence-corrected chi connectivity index (χ0v) is 49.3. The largest absolute Gasteiger partial charge is 0.486 e. The molecule has 0 unspecified atom stereocenters. The molecular formula is C80H51N5O8. The normalized spacial score (nSPS) is 11.6. The third-order valence-electron chi connectivity index (χ3n) is 15.0. The quantitative estimate of drug-likeness (QED) is 0.0329. The van der Waals surface area contributed by atoms with E-state index >= 15 is 0 Å². The SMILES string of the molecule is [C-]#[N+]/C(=C\c1ccc(C(=Cc2ccc(N(c3ccc(C=C(c4ccc(/C=C(\[N+]#[C-])C(=O)O)cc4)c4ccc(/C=C(\[N+]#[C-])C(=O)O)cc4)cc3)c3ccc(/C=C(/c4ccccc4)c4ccc5ccccc5c4)cc3)cc2)c2ccc(/C=C(\[N+]#[C-])C(=O)O)cc2)cc1)C(=O)O. The van der Waals surface area contributed by atoms with Crippen molar-refractivity contribution < 1.29 is 39.6 Å². The molecule has 0 bridgehead atoms. The molecule has 13 heteroatoms. The molecule has 0 aliphatic rings. The molecule has 13 nitrogen and oxygen atoms in total.